The summed E-state index contributed by atoms with van der Waals surface area (Å²) in [6.45, 7) is -0.00502. The fraction of sp³-hybridized carbons (Fsp3) is 0.231. The quantitative estimate of drug-likeness (QED) is 0.252. The number of halogens is 2. The van der Waals surface area contributed by atoms with Gasteiger partial charge in [0.1, 0.15) is 0 Å². The minimum absolute atomic E-state index is 0.00502. The molecule has 0 saturated heterocycles. The first-order valence-corrected chi connectivity index (χ1v) is 11.8. The van der Waals surface area contributed by atoms with Crippen LogP contribution in [0.15, 0.2) is 64.1 Å². The van der Waals surface area contributed by atoms with Gasteiger partial charge in [-0.25, -0.2) is 0 Å². The smallest absolute Gasteiger partial charge is 0.319 e. The lowest BCUT2D eigenvalue weighted by Crippen LogP contribution is -2.29. The van der Waals surface area contributed by atoms with Crippen LogP contribution in [0.5, 0.6) is 17.2 Å². The van der Waals surface area contributed by atoms with Crippen molar-refractivity contribution in [2.75, 3.05) is 35.0 Å². The van der Waals surface area contributed by atoms with Crippen molar-refractivity contribution in [1.29, 1.82) is 0 Å². The van der Waals surface area contributed by atoms with Gasteiger partial charge in [0, 0.05) is 26.8 Å². The second-order valence-electron chi connectivity index (χ2n) is 7.33. The Morgan fingerprint density at radius 2 is 1.69 bits per heavy atom. The molecule has 0 amide bonds. The van der Waals surface area contributed by atoms with Crippen molar-refractivity contribution in [3.8, 4) is 17.2 Å². The molecule has 7 nitrogen and oxygen atoms in total. The number of carbonyl (C=O) groups excluding carboxylic acids is 1. The molecule has 3 aromatic carbocycles. The molecule has 35 heavy (non-hydrogen) atoms. The molecule has 3 aromatic rings. The molecule has 0 aliphatic heterocycles. The van der Waals surface area contributed by atoms with Crippen LogP contribution in [0.2, 0.25) is 5.02 Å². The van der Waals surface area contributed by atoms with Gasteiger partial charge < -0.3 is 18.9 Å². The third-order valence-corrected chi connectivity index (χ3v) is 6.07. The Labute approximate surface area is 218 Å². The van der Waals surface area contributed by atoms with Crippen molar-refractivity contribution in [3.63, 3.8) is 0 Å². The van der Waals surface area contributed by atoms with Gasteiger partial charge >= 0.3 is 5.97 Å². The highest BCUT2D eigenvalue weighted by Crippen LogP contribution is 2.39. The number of nitrogens with one attached hydrogen (secondary N) is 1. The SMILES string of the molecule is COC(=O)CN[C@@H](c1ccccc1Cl)c1cc(Br)ccc1N=Cc1cc(OC)c(OC)c(OC)c1. The molecule has 1 N–H and O–H groups in total. The zero-order valence-corrected chi connectivity index (χ0v) is 22.1. The third-order valence-electron chi connectivity index (χ3n) is 5.23. The number of methoxy groups -OCH3 is 4. The van der Waals surface area contributed by atoms with Crippen LogP contribution in [-0.2, 0) is 9.53 Å². The number of esters is 1. The standard InChI is InChI=1S/C26H26BrClN2O5/c1-32-22-11-16(12-23(33-2)26(22)35-4)14-29-21-10-9-17(27)13-19(21)25(30-15-24(31)34-3)18-7-5-6-8-20(18)28/h5-14,25,30H,15H2,1-4H3/t25-/m0/s1. The highest BCUT2D eigenvalue weighted by atomic mass is 79.9. The van der Waals surface area contributed by atoms with Crippen molar-refractivity contribution in [2.24, 2.45) is 4.99 Å². The first-order chi connectivity index (χ1) is 16.9. The molecule has 0 aromatic heterocycles. The van der Waals surface area contributed by atoms with Gasteiger partial charge in [-0.2, -0.15) is 0 Å². The van der Waals surface area contributed by atoms with E-state index in [-0.39, 0.29) is 12.5 Å². The van der Waals surface area contributed by atoms with E-state index in [0.717, 1.165) is 21.2 Å². The molecule has 184 valence electrons. The number of carbonyl (C=O) groups is 1. The third kappa shape index (κ3) is 6.54. The maximum Gasteiger partial charge on any atom is 0.319 e. The second kappa shape index (κ2) is 12.6. The average molecular weight is 562 g/mol. The zero-order chi connectivity index (χ0) is 25.4. The van der Waals surface area contributed by atoms with Gasteiger partial charge in [-0.1, -0.05) is 45.7 Å². The zero-order valence-electron chi connectivity index (χ0n) is 19.8. The van der Waals surface area contributed by atoms with Crippen LogP contribution >= 0.6 is 27.5 Å². The van der Waals surface area contributed by atoms with Crippen LogP contribution in [0.4, 0.5) is 5.69 Å². The van der Waals surface area contributed by atoms with Crippen LogP contribution < -0.4 is 19.5 Å². The number of rotatable bonds is 10. The second-order valence-corrected chi connectivity index (χ2v) is 8.65. The molecule has 9 heteroatoms. The van der Waals surface area contributed by atoms with E-state index in [1.54, 1.807) is 33.6 Å². The summed E-state index contributed by atoms with van der Waals surface area (Å²) in [7, 11) is 6.03. The van der Waals surface area contributed by atoms with E-state index in [0.29, 0.717) is 28.0 Å². The van der Waals surface area contributed by atoms with Crippen LogP contribution in [0.25, 0.3) is 0 Å². The molecule has 3 rings (SSSR count). The summed E-state index contributed by atoms with van der Waals surface area (Å²) >= 11 is 10.1. The first-order valence-electron chi connectivity index (χ1n) is 10.6. The Bertz CT molecular complexity index is 1190. The van der Waals surface area contributed by atoms with Gasteiger partial charge in [0.05, 0.1) is 46.7 Å². The summed E-state index contributed by atoms with van der Waals surface area (Å²) in [5.41, 5.74) is 3.06. The molecule has 0 bridgehead atoms. The predicted molar refractivity (Wildman–Crippen MR) is 141 cm³/mol. The fourth-order valence-electron chi connectivity index (χ4n) is 3.55. The summed E-state index contributed by atoms with van der Waals surface area (Å²) in [5, 5.41) is 3.82. The van der Waals surface area contributed by atoms with Crippen LogP contribution in [0.1, 0.15) is 22.7 Å². The van der Waals surface area contributed by atoms with Gasteiger partial charge in [0.25, 0.3) is 0 Å². The Morgan fingerprint density at radius 1 is 1.00 bits per heavy atom. The maximum atomic E-state index is 11.9. The van der Waals surface area contributed by atoms with E-state index < -0.39 is 6.04 Å². The normalized spacial score (nSPS) is 11.8. The highest BCUT2D eigenvalue weighted by Gasteiger charge is 2.21. The molecule has 1 atom stereocenters. The Hall–Kier alpha value is -3.07. The van der Waals surface area contributed by atoms with Crippen LogP contribution in [0, 0.1) is 0 Å². The molecular weight excluding hydrogens is 536 g/mol. The largest absolute Gasteiger partial charge is 0.493 e. The lowest BCUT2D eigenvalue weighted by molar-refractivity contribution is -0.139. The molecule has 0 aliphatic rings. The van der Waals surface area contributed by atoms with Gasteiger partial charge in [0.15, 0.2) is 11.5 Å². The Kier molecular flexibility index (Phi) is 9.54. The molecule has 0 unspecified atom stereocenters. The minimum atomic E-state index is -0.424. The maximum absolute atomic E-state index is 11.9. The monoisotopic (exact) mass is 560 g/mol. The van der Waals surface area contributed by atoms with Crippen LogP contribution in [-0.4, -0.2) is 47.2 Å². The lowest BCUT2D eigenvalue weighted by Gasteiger charge is -2.22. The van der Waals surface area contributed by atoms with Gasteiger partial charge in [0.2, 0.25) is 5.75 Å². The minimum Gasteiger partial charge on any atom is -0.493 e. The van der Waals surface area contributed by atoms with E-state index >= 15 is 0 Å². The highest BCUT2D eigenvalue weighted by molar-refractivity contribution is 9.10. The average Bonchev–Trinajstić information content (AvgIpc) is 2.88. The van der Waals surface area contributed by atoms with Crippen molar-refractivity contribution in [3.05, 3.63) is 80.8 Å². The topological polar surface area (TPSA) is 78.4 Å². The van der Waals surface area contributed by atoms with Gasteiger partial charge in [-0.05, 0) is 42.0 Å². The number of hydrogen-bond donors (Lipinski definition) is 1. The first kappa shape index (κ1) is 26.5. The molecule has 0 spiro atoms. The van der Waals surface area contributed by atoms with Crippen molar-refractivity contribution >= 4 is 45.4 Å². The Morgan fingerprint density at radius 3 is 2.29 bits per heavy atom. The Balaban J connectivity index is 2.07. The molecule has 0 aliphatic carbocycles. The molecule has 0 heterocycles. The van der Waals surface area contributed by atoms with Crippen LogP contribution in [0.3, 0.4) is 0 Å². The van der Waals surface area contributed by atoms with E-state index in [4.69, 9.17) is 35.5 Å². The van der Waals surface area contributed by atoms with Gasteiger partial charge in [-0.15, -0.1) is 0 Å². The van der Waals surface area contributed by atoms with E-state index in [9.17, 15) is 4.79 Å². The molecular formula is C26H26BrClN2O5. The van der Waals surface area contributed by atoms with Gasteiger partial charge in [-0.3, -0.25) is 15.1 Å². The predicted octanol–water partition coefficient (Wildman–Crippen LogP) is 5.73. The summed E-state index contributed by atoms with van der Waals surface area (Å²) < 4.78 is 22.0. The van der Waals surface area contributed by atoms with Crippen molar-refractivity contribution < 1.29 is 23.7 Å². The van der Waals surface area contributed by atoms with Crippen molar-refractivity contribution in [2.45, 2.75) is 6.04 Å². The number of nitrogens with zero attached hydrogens (tertiary/aromatic N) is 1. The van der Waals surface area contributed by atoms with Crippen molar-refractivity contribution in [1.82, 2.24) is 5.32 Å². The number of benzene rings is 3. The van der Waals surface area contributed by atoms with E-state index in [2.05, 4.69) is 21.2 Å². The molecule has 0 saturated carbocycles. The number of aliphatic imine (C=N–C) groups is 1. The lowest BCUT2D eigenvalue weighted by atomic mass is 9.97. The number of ether oxygens (including phenoxy) is 4. The summed E-state index contributed by atoms with van der Waals surface area (Å²) in [6.07, 6.45) is 1.71. The summed E-state index contributed by atoms with van der Waals surface area (Å²) in [6, 6.07) is 16.4. The molecule has 0 radical (unpaired) electrons. The summed E-state index contributed by atoms with van der Waals surface area (Å²) in [5.74, 6) is 1.16. The summed E-state index contributed by atoms with van der Waals surface area (Å²) in [4.78, 5) is 16.7. The van der Waals surface area contributed by atoms with E-state index in [1.807, 2.05) is 48.5 Å². The number of hydrogen-bond acceptors (Lipinski definition) is 7. The van der Waals surface area contributed by atoms with E-state index in [1.165, 1.54) is 7.11 Å². The molecule has 0 fully saturated rings. The fourth-order valence-corrected chi connectivity index (χ4v) is 4.17.